The predicted molar refractivity (Wildman–Crippen MR) is 85.1 cm³/mol. The van der Waals surface area contributed by atoms with Crippen molar-refractivity contribution in [3.05, 3.63) is 41.3 Å². The summed E-state index contributed by atoms with van der Waals surface area (Å²) < 4.78 is 5.11. The maximum atomic E-state index is 6.11. The Morgan fingerprint density at radius 2 is 2.27 bits per heavy atom. The van der Waals surface area contributed by atoms with Crippen molar-refractivity contribution in [3.63, 3.8) is 0 Å². The summed E-state index contributed by atoms with van der Waals surface area (Å²) in [6.45, 7) is 2.74. The van der Waals surface area contributed by atoms with E-state index >= 15 is 0 Å². The molecule has 1 aliphatic heterocycles. The van der Waals surface area contributed by atoms with E-state index in [9.17, 15) is 0 Å². The van der Waals surface area contributed by atoms with Crippen LogP contribution in [0.5, 0.6) is 5.88 Å². The number of likely N-dealkylation sites (tertiary alicyclic amines) is 1. The fourth-order valence-electron chi connectivity index (χ4n) is 2.58. The number of pyridine rings is 1. The van der Waals surface area contributed by atoms with Crippen LogP contribution < -0.4 is 10.1 Å². The summed E-state index contributed by atoms with van der Waals surface area (Å²) in [5, 5.41) is 3.93. The third-order valence-corrected chi connectivity index (χ3v) is 4.02. The summed E-state index contributed by atoms with van der Waals surface area (Å²) in [5.74, 6) is 1.17. The minimum absolute atomic E-state index is 0.322. The second-order valence-electron chi connectivity index (χ2n) is 5.24. The Labute approximate surface area is 134 Å². The van der Waals surface area contributed by atoms with Crippen molar-refractivity contribution in [1.82, 2.24) is 19.9 Å². The van der Waals surface area contributed by atoms with Crippen LogP contribution in [0.2, 0.25) is 5.15 Å². The molecule has 1 unspecified atom stereocenters. The van der Waals surface area contributed by atoms with Crippen molar-refractivity contribution >= 4 is 17.5 Å². The number of methoxy groups -OCH3 is 1. The quantitative estimate of drug-likeness (QED) is 0.853. The summed E-state index contributed by atoms with van der Waals surface area (Å²) in [5.41, 5.74) is 1.06. The van der Waals surface area contributed by atoms with Crippen LogP contribution in [0.1, 0.15) is 12.0 Å². The Morgan fingerprint density at radius 3 is 3.09 bits per heavy atom. The Bertz CT molecular complexity index is 639. The van der Waals surface area contributed by atoms with E-state index in [0.29, 0.717) is 23.0 Å². The van der Waals surface area contributed by atoms with Gasteiger partial charge in [0, 0.05) is 49.7 Å². The smallest absolute Gasteiger partial charge is 0.226 e. The molecule has 0 aromatic carbocycles. The minimum atomic E-state index is 0.322. The SMILES string of the molecule is COc1ccnc(NC2CCN(Cc3cccnc3Cl)C2)n1. The first-order valence-corrected chi connectivity index (χ1v) is 7.57. The normalized spacial score (nSPS) is 18.4. The molecule has 0 radical (unpaired) electrons. The maximum absolute atomic E-state index is 6.11. The molecular weight excluding hydrogens is 302 g/mol. The molecule has 0 spiro atoms. The number of anilines is 1. The fourth-order valence-corrected chi connectivity index (χ4v) is 2.76. The molecule has 116 valence electrons. The van der Waals surface area contributed by atoms with Crippen LogP contribution in [0.4, 0.5) is 5.95 Å². The van der Waals surface area contributed by atoms with Gasteiger partial charge in [-0.25, -0.2) is 9.97 Å². The van der Waals surface area contributed by atoms with Gasteiger partial charge in [-0.15, -0.1) is 0 Å². The van der Waals surface area contributed by atoms with E-state index in [1.165, 1.54) is 0 Å². The minimum Gasteiger partial charge on any atom is -0.481 e. The Hall–Kier alpha value is -1.92. The van der Waals surface area contributed by atoms with Gasteiger partial charge in [0.2, 0.25) is 11.8 Å². The van der Waals surface area contributed by atoms with Gasteiger partial charge in [0.05, 0.1) is 7.11 Å². The van der Waals surface area contributed by atoms with Gasteiger partial charge in [0.15, 0.2) is 0 Å². The van der Waals surface area contributed by atoms with E-state index in [1.54, 1.807) is 25.6 Å². The van der Waals surface area contributed by atoms with Gasteiger partial charge < -0.3 is 10.1 Å². The summed E-state index contributed by atoms with van der Waals surface area (Å²) >= 11 is 6.11. The maximum Gasteiger partial charge on any atom is 0.226 e. The standard InChI is InChI=1S/C15H18ClN5O/c1-22-13-4-7-18-15(20-13)19-12-5-8-21(10-12)9-11-3-2-6-17-14(11)16/h2-4,6-7,12H,5,8-10H2,1H3,(H,18,19,20). The highest BCUT2D eigenvalue weighted by atomic mass is 35.5. The van der Waals surface area contributed by atoms with Crippen LogP contribution in [0.25, 0.3) is 0 Å². The monoisotopic (exact) mass is 319 g/mol. The van der Waals surface area contributed by atoms with E-state index < -0.39 is 0 Å². The van der Waals surface area contributed by atoms with Gasteiger partial charge in [-0.05, 0) is 12.5 Å². The average Bonchev–Trinajstić information content (AvgIpc) is 2.97. The zero-order chi connectivity index (χ0) is 15.4. The molecule has 0 saturated carbocycles. The second kappa shape index (κ2) is 6.89. The number of hydrogen-bond donors (Lipinski definition) is 1. The van der Waals surface area contributed by atoms with Crippen molar-refractivity contribution in [1.29, 1.82) is 0 Å². The first kappa shape index (κ1) is 15.0. The van der Waals surface area contributed by atoms with E-state index in [-0.39, 0.29) is 0 Å². The number of ether oxygens (including phenoxy) is 1. The average molecular weight is 320 g/mol. The number of nitrogens with zero attached hydrogens (tertiary/aromatic N) is 4. The predicted octanol–water partition coefficient (Wildman–Crippen LogP) is 2.22. The molecule has 2 aromatic heterocycles. The summed E-state index contributed by atoms with van der Waals surface area (Å²) in [6, 6.07) is 5.98. The number of rotatable bonds is 5. The zero-order valence-corrected chi connectivity index (χ0v) is 13.1. The van der Waals surface area contributed by atoms with Gasteiger partial charge in [-0.2, -0.15) is 4.98 Å². The molecule has 0 bridgehead atoms. The Morgan fingerprint density at radius 1 is 1.36 bits per heavy atom. The number of hydrogen-bond acceptors (Lipinski definition) is 6. The van der Waals surface area contributed by atoms with E-state index in [1.807, 2.05) is 12.1 Å². The van der Waals surface area contributed by atoms with E-state index in [0.717, 1.165) is 31.6 Å². The third kappa shape index (κ3) is 3.64. The van der Waals surface area contributed by atoms with Crippen LogP contribution >= 0.6 is 11.6 Å². The van der Waals surface area contributed by atoms with Gasteiger partial charge in [-0.1, -0.05) is 17.7 Å². The molecule has 1 N–H and O–H groups in total. The lowest BCUT2D eigenvalue weighted by molar-refractivity contribution is 0.328. The molecule has 3 rings (SSSR count). The van der Waals surface area contributed by atoms with Crippen molar-refractivity contribution < 1.29 is 4.74 Å². The van der Waals surface area contributed by atoms with E-state index in [4.69, 9.17) is 16.3 Å². The van der Waals surface area contributed by atoms with Crippen LogP contribution in [-0.2, 0) is 6.54 Å². The lowest BCUT2D eigenvalue weighted by atomic mass is 10.2. The molecule has 3 heterocycles. The van der Waals surface area contributed by atoms with Crippen molar-refractivity contribution in [2.45, 2.75) is 19.0 Å². The summed E-state index contributed by atoms with van der Waals surface area (Å²) in [7, 11) is 1.60. The van der Waals surface area contributed by atoms with Crippen LogP contribution in [0, 0.1) is 0 Å². The molecule has 1 atom stereocenters. The number of halogens is 1. The molecule has 22 heavy (non-hydrogen) atoms. The second-order valence-corrected chi connectivity index (χ2v) is 5.60. The Kier molecular flexibility index (Phi) is 4.70. The zero-order valence-electron chi connectivity index (χ0n) is 12.4. The number of nitrogens with one attached hydrogen (secondary N) is 1. The summed E-state index contributed by atoms with van der Waals surface area (Å²) in [6.07, 6.45) is 4.44. The molecule has 1 aliphatic rings. The number of aromatic nitrogens is 3. The van der Waals surface area contributed by atoms with Crippen molar-refractivity contribution in [3.8, 4) is 5.88 Å². The first-order chi connectivity index (χ1) is 10.7. The summed E-state index contributed by atoms with van der Waals surface area (Å²) in [4.78, 5) is 15.0. The third-order valence-electron chi connectivity index (χ3n) is 3.68. The fraction of sp³-hybridized carbons (Fsp3) is 0.400. The molecule has 2 aromatic rings. The highest BCUT2D eigenvalue weighted by Gasteiger charge is 2.23. The largest absolute Gasteiger partial charge is 0.481 e. The topological polar surface area (TPSA) is 63.2 Å². The molecule has 0 aliphatic carbocycles. The van der Waals surface area contributed by atoms with Crippen LogP contribution in [0.3, 0.4) is 0 Å². The lowest BCUT2D eigenvalue weighted by Crippen LogP contribution is -2.26. The van der Waals surface area contributed by atoms with Crippen LogP contribution in [0.15, 0.2) is 30.6 Å². The molecule has 1 fully saturated rings. The molecule has 7 heteroatoms. The molecule has 6 nitrogen and oxygen atoms in total. The highest BCUT2D eigenvalue weighted by Crippen LogP contribution is 2.19. The van der Waals surface area contributed by atoms with Crippen molar-refractivity contribution in [2.24, 2.45) is 0 Å². The van der Waals surface area contributed by atoms with Crippen LogP contribution in [-0.4, -0.2) is 46.1 Å². The highest BCUT2D eigenvalue weighted by molar-refractivity contribution is 6.30. The molecule has 0 amide bonds. The lowest BCUT2D eigenvalue weighted by Gasteiger charge is -2.17. The van der Waals surface area contributed by atoms with Gasteiger partial charge in [0.25, 0.3) is 0 Å². The van der Waals surface area contributed by atoms with Crippen molar-refractivity contribution in [2.75, 3.05) is 25.5 Å². The molecule has 1 saturated heterocycles. The first-order valence-electron chi connectivity index (χ1n) is 7.20. The van der Waals surface area contributed by atoms with Gasteiger partial charge >= 0.3 is 0 Å². The molecular formula is C15H18ClN5O. The van der Waals surface area contributed by atoms with Gasteiger partial charge in [0.1, 0.15) is 5.15 Å². The Balaban J connectivity index is 1.57. The van der Waals surface area contributed by atoms with Gasteiger partial charge in [-0.3, -0.25) is 4.90 Å². The van der Waals surface area contributed by atoms with E-state index in [2.05, 4.69) is 25.2 Å².